The third-order valence-corrected chi connectivity index (χ3v) is 9.74. The largest absolute Gasteiger partial charge is 0.463 e. The van der Waals surface area contributed by atoms with Gasteiger partial charge in [-0.2, -0.15) is 0 Å². The molecule has 45 heavy (non-hydrogen) atoms. The molecule has 1 aliphatic heterocycles. The number of unbranched alkanes of at least 4 members (excludes halogenated alkanes) is 23. The zero-order chi connectivity index (χ0) is 33.0. The summed E-state index contributed by atoms with van der Waals surface area (Å²) in [4.78, 5) is 13.1. The van der Waals surface area contributed by atoms with Crippen LogP contribution in [0.3, 0.4) is 0 Å². The van der Waals surface area contributed by atoms with Gasteiger partial charge >= 0.3 is 5.97 Å². The molecule has 0 aromatic carbocycles. The summed E-state index contributed by atoms with van der Waals surface area (Å²) in [6.07, 6.45) is 27.1. The van der Waals surface area contributed by atoms with Crippen molar-refractivity contribution < 1.29 is 34.7 Å². The number of carbonyl (C=O) groups is 1. The Kier molecular flexibility index (Phi) is 27.6. The highest BCUT2D eigenvalue weighted by molar-refractivity contribution is 5.73. The van der Waals surface area contributed by atoms with E-state index in [9.17, 15) is 25.2 Å². The van der Waals surface area contributed by atoms with Crippen LogP contribution in [0.4, 0.5) is 0 Å². The number of hydrogen-bond acceptors (Lipinski definition) is 7. The van der Waals surface area contributed by atoms with E-state index in [2.05, 4.69) is 13.8 Å². The summed E-state index contributed by atoms with van der Waals surface area (Å²) in [7, 11) is 0. The molecular weight excluding hydrogens is 568 g/mol. The van der Waals surface area contributed by atoms with E-state index >= 15 is 0 Å². The Morgan fingerprint density at radius 1 is 0.600 bits per heavy atom. The van der Waals surface area contributed by atoms with Gasteiger partial charge in [-0.1, -0.05) is 174 Å². The topological polar surface area (TPSA) is 116 Å². The molecule has 2 unspecified atom stereocenters. The van der Waals surface area contributed by atoms with Gasteiger partial charge in [-0.3, -0.25) is 4.79 Å². The van der Waals surface area contributed by atoms with Crippen LogP contribution in [0, 0.1) is 5.92 Å². The Hall–Kier alpha value is -0.730. The summed E-state index contributed by atoms with van der Waals surface area (Å²) in [6, 6.07) is 0. The number of carbonyl (C=O) groups excluding carboxylic acids is 1. The number of aliphatic hydroxyl groups is 4. The molecule has 0 bridgehead atoms. The van der Waals surface area contributed by atoms with Crippen molar-refractivity contribution in [1.29, 1.82) is 0 Å². The number of aliphatic hydroxyl groups excluding tert-OH is 4. The fraction of sp³-hybridized carbons (Fsp3) is 0.974. The molecule has 0 aromatic heterocycles. The maximum Gasteiger partial charge on any atom is 0.311 e. The summed E-state index contributed by atoms with van der Waals surface area (Å²) in [5.74, 6) is -1.06. The van der Waals surface area contributed by atoms with Crippen molar-refractivity contribution in [2.45, 2.75) is 218 Å². The Balaban J connectivity index is 2.33. The molecule has 1 aliphatic rings. The second-order valence-electron chi connectivity index (χ2n) is 13.9. The van der Waals surface area contributed by atoms with Gasteiger partial charge in [0.15, 0.2) is 0 Å². The molecule has 7 heteroatoms. The number of ether oxygens (including phenoxy) is 2. The summed E-state index contributed by atoms with van der Waals surface area (Å²) in [6.45, 7) is 4.19. The molecule has 0 radical (unpaired) electrons. The number of esters is 1. The molecule has 1 rings (SSSR count). The predicted molar refractivity (Wildman–Crippen MR) is 184 cm³/mol. The van der Waals surface area contributed by atoms with Crippen LogP contribution < -0.4 is 0 Å². The second kappa shape index (κ2) is 29.4. The molecule has 1 heterocycles. The van der Waals surface area contributed by atoms with E-state index in [1.54, 1.807) is 0 Å². The normalized spacial score (nSPS) is 21.6. The van der Waals surface area contributed by atoms with E-state index in [1.807, 2.05) is 0 Å². The summed E-state index contributed by atoms with van der Waals surface area (Å²) in [5, 5.41) is 40.9. The van der Waals surface area contributed by atoms with E-state index in [0.717, 1.165) is 32.1 Å². The van der Waals surface area contributed by atoms with Gasteiger partial charge in [0.25, 0.3) is 0 Å². The zero-order valence-corrected chi connectivity index (χ0v) is 29.5. The van der Waals surface area contributed by atoms with E-state index in [1.165, 1.54) is 128 Å². The molecular formula is C38H74O7. The van der Waals surface area contributed by atoms with Crippen molar-refractivity contribution in [3.05, 3.63) is 0 Å². The molecule has 1 fully saturated rings. The van der Waals surface area contributed by atoms with Crippen LogP contribution in [0.15, 0.2) is 0 Å². The summed E-state index contributed by atoms with van der Waals surface area (Å²) < 4.78 is 10.9. The molecule has 7 nitrogen and oxygen atoms in total. The van der Waals surface area contributed by atoms with Gasteiger partial charge in [0.05, 0.1) is 18.6 Å². The zero-order valence-electron chi connectivity index (χ0n) is 29.5. The SMILES string of the molecule is CCCCCCCCCCCCCCC[C@@H](O)[C@@H](CCCCCCCCCCCCCC)C(=O)OCC1OCC(O)[C@@H](O)[C@@H]1O. The van der Waals surface area contributed by atoms with Gasteiger partial charge in [0, 0.05) is 0 Å². The van der Waals surface area contributed by atoms with Crippen LogP contribution >= 0.6 is 0 Å². The van der Waals surface area contributed by atoms with E-state index in [0.29, 0.717) is 12.8 Å². The Morgan fingerprint density at radius 2 is 0.978 bits per heavy atom. The molecule has 6 atom stereocenters. The van der Waals surface area contributed by atoms with Crippen molar-refractivity contribution in [1.82, 2.24) is 0 Å². The van der Waals surface area contributed by atoms with Crippen LogP contribution in [0.1, 0.15) is 187 Å². The quantitative estimate of drug-likeness (QED) is 0.0442. The lowest BCUT2D eigenvalue weighted by Gasteiger charge is -2.35. The van der Waals surface area contributed by atoms with Crippen LogP contribution in [-0.4, -0.2) is 70.1 Å². The van der Waals surface area contributed by atoms with Crippen molar-refractivity contribution in [3.8, 4) is 0 Å². The third kappa shape index (κ3) is 21.7. The number of rotatable bonds is 31. The van der Waals surface area contributed by atoms with Crippen molar-refractivity contribution in [2.75, 3.05) is 13.2 Å². The predicted octanol–water partition coefficient (Wildman–Crippen LogP) is 8.56. The van der Waals surface area contributed by atoms with Crippen LogP contribution in [0.2, 0.25) is 0 Å². The van der Waals surface area contributed by atoms with E-state index in [-0.39, 0.29) is 13.2 Å². The minimum Gasteiger partial charge on any atom is -0.463 e. The monoisotopic (exact) mass is 643 g/mol. The van der Waals surface area contributed by atoms with Crippen LogP contribution in [0.5, 0.6) is 0 Å². The Morgan fingerprint density at radius 3 is 1.40 bits per heavy atom. The molecule has 0 spiro atoms. The smallest absolute Gasteiger partial charge is 0.311 e. The first-order valence-electron chi connectivity index (χ1n) is 19.4. The van der Waals surface area contributed by atoms with Crippen molar-refractivity contribution >= 4 is 5.97 Å². The molecule has 0 saturated carbocycles. The summed E-state index contributed by atoms with van der Waals surface area (Å²) >= 11 is 0. The molecule has 1 saturated heterocycles. The van der Waals surface area contributed by atoms with E-state index in [4.69, 9.17) is 9.47 Å². The first-order chi connectivity index (χ1) is 21.9. The van der Waals surface area contributed by atoms with Gasteiger partial charge in [0.1, 0.15) is 31.0 Å². The van der Waals surface area contributed by atoms with Crippen LogP contribution in [-0.2, 0) is 14.3 Å². The van der Waals surface area contributed by atoms with Gasteiger partial charge in [-0.15, -0.1) is 0 Å². The fourth-order valence-corrected chi connectivity index (χ4v) is 6.53. The average Bonchev–Trinajstić information content (AvgIpc) is 3.03. The lowest BCUT2D eigenvalue weighted by molar-refractivity contribution is -0.203. The molecule has 4 N–H and O–H groups in total. The average molecular weight is 643 g/mol. The molecule has 0 aromatic rings. The molecule has 268 valence electrons. The number of hydrogen-bond donors (Lipinski definition) is 4. The highest BCUT2D eigenvalue weighted by Crippen LogP contribution is 2.23. The van der Waals surface area contributed by atoms with E-state index < -0.39 is 42.4 Å². The Labute approximate surface area is 277 Å². The van der Waals surface area contributed by atoms with Gasteiger partial charge in [-0.05, 0) is 12.8 Å². The van der Waals surface area contributed by atoms with Gasteiger partial charge in [-0.25, -0.2) is 0 Å². The lowest BCUT2D eigenvalue weighted by Crippen LogP contribution is -2.54. The fourth-order valence-electron chi connectivity index (χ4n) is 6.53. The maximum absolute atomic E-state index is 13.1. The highest BCUT2D eigenvalue weighted by atomic mass is 16.6. The second-order valence-corrected chi connectivity index (χ2v) is 13.9. The first kappa shape index (κ1) is 42.3. The Bertz CT molecular complexity index is 660. The molecule has 0 aliphatic carbocycles. The summed E-state index contributed by atoms with van der Waals surface area (Å²) in [5.41, 5.74) is 0. The highest BCUT2D eigenvalue weighted by Gasteiger charge is 2.38. The van der Waals surface area contributed by atoms with Gasteiger partial charge < -0.3 is 29.9 Å². The van der Waals surface area contributed by atoms with Crippen molar-refractivity contribution in [2.24, 2.45) is 5.92 Å². The van der Waals surface area contributed by atoms with Gasteiger partial charge in [0.2, 0.25) is 0 Å². The first-order valence-corrected chi connectivity index (χ1v) is 19.4. The minimum atomic E-state index is -1.33. The lowest BCUT2D eigenvalue weighted by atomic mass is 9.91. The van der Waals surface area contributed by atoms with Crippen LogP contribution in [0.25, 0.3) is 0 Å². The maximum atomic E-state index is 13.1. The standard InChI is InChI=1S/C38H74O7/c1-3-5-7-9-11-13-15-17-19-21-23-25-27-29-33(39)32(28-26-24-22-20-18-16-14-12-10-8-6-4-2)38(43)45-31-35-37(42)36(41)34(40)30-44-35/h32-37,39-42H,3-31H2,1-2H3/t32-,33-,34?,35?,36-,37-/m1/s1. The van der Waals surface area contributed by atoms with Crippen molar-refractivity contribution in [3.63, 3.8) is 0 Å². The third-order valence-electron chi connectivity index (χ3n) is 9.74. The minimum absolute atomic E-state index is 0.121. The molecule has 0 amide bonds.